The molecule has 1 aliphatic heterocycles. The highest BCUT2D eigenvalue weighted by atomic mass is 16.3. The van der Waals surface area contributed by atoms with Gasteiger partial charge in [-0.25, -0.2) is 0 Å². The molecule has 0 aromatic rings. The number of nitrogens with one attached hydrogen (secondary N) is 1. The number of hydrogen-bond donors (Lipinski definition) is 3. The van der Waals surface area contributed by atoms with Crippen molar-refractivity contribution in [2.24, 2.45) is 11.7 Å². The van der Waals surface area contributed by atoms with E-state index in [1.807, 2.05) is 14.0 Å². The van der Waals surface area contributed by atoms with E-state index >= 15 is 0 Å². The molecule has 13 heavy (non-hydrogen) atoms. The fourth-order valence-corrected chi connectivity index (χ4v) is 2.47. The third-order valence-electron chi connectivity index (χ3n) is 3.66. The molecule has 1 saturated heterocycles. The molecule has 1 heterocycles. The summed E-state index contributed by atoms with van der Waals surface area (Å²) < 4.78 is 0.396. The van der Waals surface area contributed by atoms with Gasteiger partial charge in [0.1, 0.15) is 0 Å². The van der Waals surface area contributed by atoms with Gasteiger partial charge >= 0.3 is 0 Å². The van der Waals surface area contributed by atoms with Gasteiger partial charge in [-0.1, -0.05) is 5.43 Å². The second-order valence-electron chi connectivity index (χ2n) is 4.13. The zero-order chi connectivity index (χ0) is 9.85. The first kappa shape index (κ1) is 9.08. The van der Waals surface area contributed by atoms with Crippen molar-refractivity contribution < 1.29 is 14.5 Å². The van der Waals surface area contributed by atoms with Gasteiger partial charge in [-0.15, -0.1) is 0 Å². The number of aliphatic hydroxyl groups excluding tert-OH is 1. The Morgan fingerprint density at radius 1 is 1.77 bits per heavy atom. The molecule has 0 spiro atoms. The SMILES string of the molecule is CC1C(=O)[C@@]1(CCO)[N+]1(C)NC1N. The molecule has 0 radical (unpaired) electrons. The van der Waals surface area contributed by atoms with Crippen LogP contribution in [0.3, 0.4) is 0 Å². The maximum absolute atomic E-state index is 11.5. The molecule has 2 aliphatic rings. The van der Waals surface area contributed by atoms with Crippen molar-refractivity contribution in [2.45, 2.75) is 25.2 Å². The molecule has 1 aliphatic carbocycles. The van der Waals surface area contributed by atoms with E-state index in [0.29, 0.717) is 11.0 Å². The third kappa shape index (κ3) is 0.826. The highest BCUT2D eigenvalue weighted by Crippen LogP contribution is 2.53. The van der Waals surface area contributed by atoms with Crippen molar-refractivity contribution in [1.82, 2.24) is 5.43 Å². The zero-order valence-corrected chi connectivity index (χ0v) is 7.95. The van der Waals surface area contributed by atoms with E-state index in [-0.39, 0.29) is 24.6 Å². The van der Waals surface area contributed by atoms with Crippen molar-refractivity contribution >= 4 is 5.78 Å². The van der Waals surface area contributed by atoms with Crippen LogP contribution in [-0.2, 0) is 4.79 Å². The Morgan fingerprint density at radius 2 is 2.23 bits per heavy atom. The second kappa shape index (κ2) is 2.30. The molecule has 4 atom stereocenters. The number of nitrogens with zero attached hydrogens (tertiary/aromatic N) is 1. The largest absolute Gasteiger partial charge is 0.396 e. The van der Waals surface area contributed by atoms with E-state index in [2.05, 4.69) is 5.43 Å². The van der Waals surface area contributed by atoms with Gasteiger partial charge in [0.2, 0.25) is 5.78 Å². The lowest BCUT2D eigenvalue weighted by Gasteiger charge is -2.20. The molecule has 74 valence electrons. The van der Waals surface area contributed by atoms with Gasteiger partial charge in [0, 0.05) is 13.0 Å². The Hall–Kier alpha value is -0.490. The molecule has 1 saturated carbocycles. The van der Waals surface area contributed by atoms with Crippen molar-refractivity contribution in [3.8, 4) is 0 Å². The molecule has 3 unspecified atom stereocenters. The predicted octanol–water partition coefficient (Wildman–Crippen LogP) is -1.47. The lowest BCUT2D eigenvalue weighted by atomic mass is 10.1. The Labute approximate surface area is 77.1 Å². The number of rotatable bonds is 3. The highest BCUT2D eigenvalue weighted by molar-refractivity contribution is 6.06. The summed E-state index contributed by atoms with van der Waals surface area (Å²) in [6, 6.07) is 0. The normalized spacial score (nSPS) is 53.7. The summed E-state index contributed by atoms with van der Waals surface area (Å²) in [7, 11) is 1.90. The Kier molecular flexibility index (Phi) is 1.61. The van der Waals surface area contributed by atoms with Gasteiger partial charge in [-0.3, -0.25) is 10.5 Å². The summed E-state index contributed by atoms with van der Waals surface area (Å²) in [5.74, 6) is 0.232. The Bertz CT molecular complexity index is 270. The lowest BCUT2D eigenvalue weighted by Crippen LogP contribution is -2.45. The molecule has 5 nitrogen and oxygen atoms in total. The standard InChI is InChI=1S/C8H16N3O2/c1-5-6(13)8(5,3-4-12)11(2)7(9)10-11/h5,7,10,12H,3-4,9H2,1-2H3/q+1/t5?,7?,8-,11?/m0/s1. The van der Waals surface area contributed by atoms with E-state index in [1.165, 1.54) is 0 Å². The minimum Gasteiger partial charge on any atom is -0.396 e. The number of likely N-dealkylation sites (N-methyl/N-ethyl adjacent to an activating group) is 1. The maximum Gasteiger partial charge on any atom is 0.258 e. The van der Waals surface area contributed by atoms with E-state index in [0.717, 1.165) is 0 Å². The predicted molar refractivity (Wildman–Crippen MR) is 45.9 cm³/mol. The zero-order valence-electron chi connectivity index (χ0n) is 7.95. The number of hydrogen-bond acceptors (Lipinski definition) is 4. The number of aliphatic hydroxyl groups is 1. The van der Waals surface area contributed by atoms with Crippen LogP contribution >= 0.6 is 0 Å². The average Bonchev–Trinajstić information content (AvgIpc) is 2.84. The Balaban J connectivity index is 2.23. The van der Waals surface area contributed by atoms with E-state index in [9.17, 15) is 4.79 Å². The monoisotopic (exact) mass is 186 g/mol. The number of Topliss-reactive ketones (excluding diaryl/α,β-unsaturated/α-hetero) is 1. The minimum atomic E-state index is -0.450. The van der Waals surface area contributed by atoms with Gasteiger partial charge in [0.25, 0.3) is 6.29 Å². The van der Waals surface area contributed by atoms with Crippen LogP contribution in [0.4, 0.5) is 0 Å². The molecule has 2 rings (SSSR count). The van der Waals surface area contributed by atoms with Crippen molar-refractivity contribution in [3.05, 3.63) is 0 Å². The molecular weight excluding hydrogens is 170 g/mol. The topological polar surface area (TPSA) is 85.3 Å². The first-order valence-corrected chi connectivity index (χ1v) is 4.55. The molecule has 5 heteroatoms. The van der Waals surface area contributed by atoms with Gasteiger partial charge in [0.15, 0.2) is 5.54 Å². The van der Waals surface area contributed by atoms with Crippen LogP contribution in [0.5, 0.6) is 0 Å². The van der Waals surface area contributed by atoms with Crippen LogP contribution in [-0.4, -0.2) is 41.0 Å². The molecule has 0 bridgehead atoms. The highest BCUT2D eigenvalue weighted by Gasteiger charge is 2.81. The third-order valence-corrected chi connectivity index (χ3v) is 3.66. The summed E-state index contributed by atoms with van der Waals surface area (Å²) in [5, 5.41) is 8.92. The van der Waals surface area contributed by atoms with Crippen LogP contribution in [0, 0.1) is 5.92 Å². The van der Waals surface area contributed by atoms with Crippen molar-refractivity contribution in [2.75, 3.05) is 13.7 Å². The molecule has 4 N–H and O–H groups in total. The number of carbonyl (C=O) groups excluding carboxylic acids is 1. The fourth-order valence-electron chi connectivity index (χ4n) is 2.47. The van der Waals surface area contributed by atoms with Crippen molar-refractivity contribution in [3.63, 3.8) is 0 Å². The van der Waals surface area contributed by atoms with E-state index in [4.69, 9.17) is 10.8 Å². The van der Waals surface area contributed by atoms with Crippen LogP contribution < -0.4 is 11.2 Å². The van der Waals surface area contributed by atoms with Crippen LogP contribution in [0.15, 0.2) is 0 Å². The van der Waals surface area contributed by atoms with E-state index < -0.39 is 5.54 Å². The summed E-state index contributed by atoms with van der Waals surface area (Å²) >= 11 is 0. The summed E-state index contributed by atoms with van der Waals surface area (Å²) in [6.07, 6.45) is 0.352. The Morgan fingerprint density at radius 3 is 2.46 bits per heavy atom. The second-order valence-corrected chi connectivity index (χ2v) is 4.13. The molecule has 0 amide bonds. The minimum absolute atomic E-state index is 0.0192. The van der Waals surface area contributed by atoms with Gasteiger partial charge < -0.3 is 5.11 Å². The van der Waals surface area contributed by atoms with Gasteiger partial charge in [-0.05, 0) is 6.92 Å². The summed E-state index contributed by atoms with van der Waals surface area (Å²) in [5.41, 5.74) is 8.30. The fraction of sp³-hybridized carbons (Fsp3) is 0.875. The lowest BCUT2D eigenvalue weighted by molar-refractivity contribution is -0.853. The summed E-state index contributed by atoms with van der Waals surface area (Å²) in [4.78, 5) is 11.5. The first-order valence-electron chi connectivity index (χ1n) is 4.55. The van der Waals surface area contributed by atoms with Crippen LogP contribution in [0.25, 0.3) is 0 Å². The first-order chi connectivity index (χ1) is 6.00. The van der Waals surface area contributed by atoms with Gasteiger partial charge in [-0.2, -0.15) is 4.59 Å². The van der Waals surface area contributed by atoms with Gasteiger partial charge in [0.05, 0.1) is 13.0 Å². The number of quaternary nitrogens is 1. The molecule has 2 fully saturated rings. The van der Waals surface area contributed by atoms with E-state index in [1.54, 1.807) is 0 Å². The average molecular weight is 186 g/mol. The molecule has 0 aromatic carbocycles. The van der Waals surface area contributed by atoms with Crippen LogP contribution in [0.2, 0.25) is 0 Å². The molecular formula is C8H16N3O2+. The number of carbonyl (C=O) groups is 1. The smallest absolute Gasteiger partial charge is 0.258 e. The number of nitrogens with two attached hydrogens (primary N) is 1. The maximum atomic E-state index is 11.5. The quantitative estimate of drug-likeness (QED) is 0.371. The molecule has 0 aromatic heterocycles. The summed E-state index contributed by atoms with van der Waals surface area (Å²) in [6.45, 7) is 1.94. The number of ketones is 1. The van der Waals surface area contributed by atoms with Crippen LogP contribution in [0.1, 0.15) is 13.3 Å². The van der Waals surface area contributed by atoms with Crippen molar-refractivity contribution in [1.29, 1.82) is 0 Å².